The summed E-state index contributed by atoms with van der Waals surface area (Å²) in [7, 11) is 0. The second-order valence-electron chi connectivity index (χ2n) is 20.3. The Labute approximate surface area is 443 Å². The van der Waals surface area contributed by atoms with Crippen molar-refractivity contribution in [1.82, 2.24) is 0 Å². The van der Waals surface area contributed by atoms with Gasteiger partial charge < -0.3 is 39.0 Å². The van der Waals surface area contributed by atoms with Crippen molar-refractivity contribution in [2.75, 3.05) is 13.2 Å². The average Bonchev–Trinajstić information content (AvgIpc) is 3.37. The molecule has 0 saturated carbocycles. The van der Waals surface area contributed by atoms with Gasteiger partial charge in [-0.3, -0.25) is 14.4 Å². The smallest absolute Gasteiger partial charge is 0.335 e. The van der Waals surface area contributed by atoms with Gasteiger partial charge in [-0.25, -0.2) is 4.79 Å². The highest BCUT2D eigenvalue weighted by molar-refractivity contribution is 5.74. The fourth-order valence-electron chi connectivity index (χ4n) is 8.85. The second-order valence-corrected chi connectivity index (χ2v) is 20.3. The maximum atomic E-state index is 13.1. The number of carbonyl (C=O) groups excluding carboxylic acids is 3. The first kappa shape index (κ1) is 67.7. The molecule has 1 heterocycles. The van der Waals surface area contributed by atoms with Gasteiger partial charge in [-0.15, -0.1) is 0 Å². The molecule has 6 atom stereocenters. The molecule has 0 aromatic heterocycles. The molecule has 1 saturated heterocycles. The predicted molar refractivity (Wildman–Crippen MR) is 294 cm³/mol. The number of hydrogen-bond acceptors (Lipinski definition) is 11. The predicted octanol–water partition coefficient (Wildman–Crippen LogP) is 15.0. The number of aliphatic hydroxyl groups is 2. The highest BCUT2D eigenvalue weighted by Gasteiger charge is 2.50. The van der Waals surface area contributed by atoms with Gasteiger partial charge in [-0.2, -0.15) is 0 Å². The molecule has 0 aliphatic carbocycles. The quantitative estimate of drug-likeness (QED) is 0.0228. The molecule has 1 aliphatic heterocycles. The number of esters is 3. The van der Waals surface area contributed by atoms with Crippen molar-refractivity contribution in [3.8, 4) is 0 Å². The SMILES string of the molecule is CC/C=C\C/C=C\C/C=C\CCCCCC(=O)OC(COC(=O)CCCCCCCCCCCCCCCCCCC)COC1OC(C(=O)O)C(O)C(O)C1OC(=O)CCCCCCC/C=C\CCCCCC. The maximum Gasteiger partial charge on any atom is 0.335 e. The lowest BCUT2D eigenvalue weighted by Crippen LogP contribution is -2.61. The van der Waals surface area contributed by atoms with Gasteiger partial charge in [-0.1, -0.05) is 217 Å². The molecule has 1 rings (SSSR count). The third kappa shape index (κ3) is 39.7. The minimum Gasteiger partial charge on any atom is -0.479 e. The van der Waals surface area contributed by atoms with E-state index in [0.29, 0.717) is 19.3 Å². The minimum absolute atomic E-state index is 0.0481. The molecule has 422 valence electrons. The Hall–Kier alpha value is -3.32. The molecule has 12 nitrogen and oxygen atoms in total. The molecule has 6 unspecified atom stereocenters. The lowest BCUT2D eigenvalue weighted by atomic mass is 9.98. The first-order valence-electron chi connectivity index (χ1n) is 29.6. The number of allylic oxidation sites excluding steroid dienone is 8. The summed E-state index contributed by atoms with van der Waals surface area (Å²) in [4.78, 5) is 51.1. The van der Waals surface area contributed by atoms with Crippen molar-refractivity contribution in [2.45, 2.75) is 302 Å². The number of aliphatic hydroxyl groups excluding tert-OH is 2. The van der Waals surface area contributed by atoms with Crippen LogP contribution in [0.2, 0.25) is 0 Å². The van der Waals surface area contributed by atoms with Gasteiger partial charge in [0.25, 0.3) is 0 Å². The summed E-state index contributed by atoms with van der Waals surface area (Å²) in [5.74, 6) is -3.15. The van der Waals surface area contributed by atoms with Crippen LogP contribution in [0, 0.1) is 0 Å². The third-order valence-corrected chi connectivity index (χ3v) is 13.4. The fraction of sp³-hybridized carbons (Fsp3) is 0.803. The molecule has 1 fully saturated rings. The number of aliphatic carboxylic acids is 1. The van der Waals surface area contributed by atoms with Gasteiger partial charge in [-0.05, 0) is 77.0 Å². The Kier molecular flexibility index (Phi) is 45.9. The number of unbranched alkanes of at least 4 members (excludes halogenated alkanes) is 28. The van der Waals surface area contributed by atoms with E-state index in [0.717, 1.165) is 96.3 Å². The monoisotopic (exact) mass is 1030 g/mol. The number of ether oxygens (including phenoxy) is 5. The van der Waals surface area contributed by atoms with E-state index in [1.54, 1.807) is 0 Å². The van der Waals surface area contributed by atoms with Crippen molar-refractivity contribution < 1.29 is 58.2 Å². The second kappa shape index (κ2) is 49.6. The van der Waals surface area contributed by atoms with E-state index >= 15 is 0 Å². The fourth-order valence-corrected chi connectivity index (χ4v) is 8.85. The molecule has 12 heteroatoms. The van der Waals surface area contributed by atoms with Crippen LogP contribution in [0.25, 0.3) is 0 Å². The van der Waals surface area contributed by atoms with Crippen molar-refractivity contribution in [1.29, 1.82) is 0 Å². The van der Waals surface area contributed by atoms with Crippen LogP contribution in [0.3, 0.4) is 0 Å². The largest absolute Gasteiger partial charge is 0.479 e. The van der Waals surface area contributed by atoms with Gasteiger partial charge in [0.2, 0.25) is 0 Å². The Bertz CT molecular complexity index is 1460. The van der Waals surface area contributed by atoms with E-state index in [9.17, 15) is 34.5 Å². The molecule has 0 aromatic rings. The topological polar surface area (TPSA) is 175 Å². The summed E-state index contributed by atoms with van der Waals surface area (Å²) < 4.78 is 28.4. The molecule has 0 spiro atoms. The van der Waals surface area contributed by atoms with Crippen LogP contribution < -0.4 is 0 Å². The summed E-state index contributed by atoms with van der Waals surface area (Å²) >= 11 is 0. The van der Waals surface area contributed by atoms with Crippen LogP contribution >= 0.6 is 0 Å². The lowest BCUT2D eigenvalue weighted by molar-refractivity contribution is -0.301. The van der Waals surface area contributed by atoms with E-state index in [-0.39, 0.29) is 25.9 Å². The molecule has 0 amide bonds. The van der Waals surface area contributed by atoms with Crippen molar-refractivity contribution in [3.05, 3.63) is 48.6 Å². The Morgan fingerprint density at radius 2 is 0.863 bits per heavy atom. The van der Waals surface area contributed by atoms with Gasteiger partial charge in [0, 0.05) is 19.3 Å². The van der Waals surface area contributed by atoms with Crippen molar-refractivity contribution in [2.24, 2.45) is 0 Å². The van der Waals surface area contributed by atoms with Gasteiger partial charge in [0.15, 0.2) is 24.6 Å². The van der Waals surface area contributed by atoms with E-state index in [4.69, 9.17) is 23.7 Å². The zero-order valence-corrected chi connectivity index (χ0v) is 46.4. The summed E-state index contributed by atoms with van der Waals surface area (Å²) in [5, 5.41) is 31.4. The van der Waals surface area contributed by atoms with Gasteiger partial charge in [0.1, 0.15) is 18.8 Å². The lowest BCUT2D eigenvalue weighted by Gasteiger charge is -2.40. The first-order chi connectivity index (χ1) is 35.6. The maximum absolute atomic E-state index is 13.1. The van der Waals surface area contributed by atoms with E-state index in [1.807, 2.05) is 0 Å². The molecule has 1 aliphatic rings. The Balaban J connectivity index is 2.69. The van der Waals surface area contributed by atoms with Gasteiger partial charge in [0.05, 0.1) is 6.61 Å². The van der Waals surface area contributed by atoms with Crippen LogP contribution in [-0.4, -0.2) is 89.2 Å². The number of carbonyl (C=O) groups is 4. The summed E-state index contributed by atoms with van der Waals surface area (Å²) in [6, 6.07) is 0. The van der Waals surface area contributed by atoms with Gasteiger partial charge >= 0.3 is 23.9 Å². The molecule has 3 N–H and O–H groups in total. The van der Waals surface area contributed by atoms with Crippen LogP contribution in [0.15, 0.2) is 48.6 Å². The highest BCUT2D eigenvalue weighted by atomic mass is 16.7. The van der Waals surface area contributed by atoms with E-state index < -0.39 is 67.3 Å². The van der Waals surface area contributed by atoms with Crippen LogP contribution in [0.4, 0.5) is 0 Å². The Morgan fingerprint density at radius 3 is 1.36 bits per heavy atom. The molecule has 0 aromatic carbocycles. The normalized spacial score (nSPS) is 18.6. The summed E-state index contributed by atoms with van der Waals surface area (Å²) in [6.07, 6.45) is 46.6. The minimum atomic E-state index is -1.91. The van der Waals surface area contributed by atoms with E-state index in [2.05, 4.69) is 69.4 Å². The molecular formula is C61H106O12. The molecule has 73 heavy (non-hydrogen) atoms. The summed E-state index contributed by atoms with van der Waals surface area (Å²) in [5.41, 5.74) is 0. The van der Waals surface area contributed by atoms with Crippen molar-refractivity contribution in [3.63, 3.8) is 0 Å². The standard InChI is InChI=1S/C61H106O12/c1-4-7-10-13-16-19-22-25-26-27-28-31-32-35-38-41-44-47-53(62)69-50-52(71-54(63)48-45-42-39-36-33-29-23-20-17-14-11-8-5-2)51-70-61-59(57(66)56(65)58(73-61)60(67)68)72-55(64)49-46-43-40-37-34-30-24-21-18-15-12-9-6-3/h8,11,17,20-21,24,29,33,52,56-59,61,65-66H,4-7,9-10,12-16,18-19,22-23,25-28,30-32,34-51H2,1-3H3,(H,67,68)/b11-8-,20-17-,24-21-,33-29-. The van der Waals surface area contributed by atoms with Crippen molar-refractivity contribution >= 4 is 23.9 Å². The molecular weight excluding hydrogens is 925 g/mol. The summed E-state index contributed by atoms with van der Waals surface area (Å²) in [6.45, 7) is 5.85. The number of rotatable bonds is 50. The van der Waals surface area contributed by atoms with Crippen LogP contribution in [0.1, 0.15) is 265 Å². The molecule has 0 radical (unpaired) electrons. The number of carboxylic acid groups (broad SMARTS) is 1. The number of hydrogen-bond donors (Lipinski definition) is 3. The first-order valence-corrected chi connectivity index (χ1v) is 29.6. The molecule has 0 bridgehead atoms. The van der Waals surface area contributed by atoms with Crippen LogP contribution in [-0.2, 0) is 42.9 Å². The Morgan fingerprint density at radius 1 is 0.466 bits per heavy atom. The number of carboxylic acids is 1. The zero-order chi connectivity index (χ0) is 53.3. The van der Waals surface area contributed by atoms with E-state index in [1.165, 1.54) is 109 Å². The average molecular weight is 1030 g/mol. The van der Waals surface area contributed by atoms with Crippen LogP contribution in [0.5, 0.6) is 0 Å². The zero-order valence-electron chi connectivity index (χ0n) is 46.4. The third-order valence-electron chi connectivity index (χ3n) is 13.4. The highest BCUT2D eigenvalue weighted by Crippen LogP contribution is 2.26.